The van der Waals surface area contributed by atoms with E-state index < -0.39 is 0 Å². The Hall–Kier alpha value is -1.26. The Morgan fingerprint density at radius 1 is 1.44 bits per heavy atom. The summed E-state index contributed by atoms with van der Waals surface area (Å²) in [6.45, 7) is 4.75. The second-order valence-corrected chi connectivity index (χ2v) is 6.41. The van der Waals surface area contributed by atoms with Gasteiger partial charge in [0.05, 0.1) is 15.7 Å². The van der Waals surface area contributed by atoms with E-state index >= 15 is 0 Å². The van der Waals surface area contributed by atoms with Crippen molar-refractivity contribution in [2.24, 2.45) is 5.41 Å². The van der Waals surface area contributed by atoms with Gasteiger partial charge in [-0.3, -0.25) is 4.79 Å². The maximum Gasteiger partial charge on any atom is 0.141 e. The Labute approximate surface area is 110 Å². The van der Waals surface area contributed by atoms with Crippen LogP contribution in [0.3, 0.4) is 0 Å². The molecule has 0 radical (unpaired) electrons. The molecule has 1 fully saturated rings. The van der Waals surface area contributed by atoms with Crippen molar-refractivity contribution in [3.8, 4) is 0 Å². The molecular weight excluding hydrogens is 244 g/mol. The molecule has 94 valence electrons. The highest BCUT2D eigenvalue weighted by Crippen LogP contribution is 2.31. The molecule has 1 aromatic heterocycles. The zero-order chi connectivity index (χ0) is 12.8. The van der Waals surface area contributed by atoms with Gasteiger partial charge in [-0.05, 0) is 17.7 Å². The van der Waals surface area contributed by atoms with Crippen LogP contribution >= 0.6 is 11.3 Å². The molecular formula is C14H16N2OS. The summed E-state index contributed by atoms with van der Waals surface area (Å²) in [7, 11) is 0. The molecule has 3 rings (SSSR count). The Morgan fingerprint density at radius 2 is 2.28 bits per heavy atom. The first-order valence-corrected chi connectivity index (χ1v) is 7.04. The molecule has 3 nitrogen and oxygen atoms in total. The molecule has 0 saturated carbocycles. The number of nitrogens with zero attached hydrogens (tertiary/aromatic N) is 1. The van der Waals surface area contributed by atoms with Gasteiger partial charge in [0.25, 0.3) is 0 Å². The lowest BCUT2D eigenvalue weighted by atomic mass is 9.80. The Balaban J connectivity index is 1.89. The number of fused-ring (bicyclic) bond motifs is 1. The number of hydrogen-bond donors (Lipinski definition) is 1. The molecule has 0 unspecified atom stereocenters. The summed E-state index contributed by atoms with van der Waals surface area (Å²) in [6.07, 6.45) is 0.572. The molecule has 1 aliphatic heterocycles. The first-order valence-electron chi connectivity index (χ1n) is 6.16. The predicted molar refractivity (Wildman–Crippen MR) is 73.8 cm³/mol. The third-order valence-electron chi connectivity index (χ3n) is 3.69. The van der Waals surface area contributed by atoms with Crippen molar-refractivity contribution in [3.63, 3.8) is 0 Å². The van der Waals surface area contributed by atoms with Crippen LogP contribution in [0, 0.1) is 5.41 Å². The highest BCUT2D eigenvalue weighted by Gasteiger charge is 2.34. The number of carbonyl (C=O) groups excluding carboxylic acids is 1. The van der Waals surface area contributed by atoms with Crippen molar-refractivity contribution in [1.82, 2.24) is 10.3 Å². The van der Waals surface area contributed by atoms with Crippen molar-refractivity contribution >= 4 is 27.3 Å². The van der Waals surface area contributed by atoms with Gasteiger partial charge in [0.2, 0.25) is 0 Å². The van der Waals surface area contributed by atoms with E-state index in [0.29, 0.717) is 12.2 Å². The lowest BCUT2D eigenvalue weighted by molar-refractivity contribution is -0.129. The summed E-state index contributed by atoms with van der Waals surface area (Å²) in [6, 6.07) is 6.42. The molecule has 4 heteroatoms. The lowest BCUT2D eigenvalue weighted by Gasteiger charge is -2.34. The van der Waals surface area contributed by atoms with Crippen molar-refractivity contribution in [2.75, 3.05) is 6.54 Å². The summed E-state index contributed by atoms with van der Waals surface area (Å²) in [5.41, 5.74) is 3.81. The van der Waals surface area contributed by atoms with Crippen molar-refractivity contribution in [2.45, 2.75) is 26.3 Å². The van der Waals surface area contributed by atoms with E-state index in [1.165, 1.54) is 4.70 Å². The SMILES string of the molecule is CC1(C)CN[C@H](c2ccc3scnc3c2)CC1=O. The fourth-order valence-electron chi connectivity index (χ4n) is 2.34. The molecule has 1 saturated heterocycles. The van der Waals surface area contributed by atoms with E-state index in [2.05, 4.69) is 28.5 Å². The molecule has 1 N–H and O–H groups in total. The number of benzene rings is 1. The standard InChI is InChI=1S/C14H16N2OS/c1-14(2)7-15-10(6-13(14)17)9-3-4-12-11(5-9)16-8-18-12/h3-5,8,10,15H,6-7H2,1-2H3/t10-/m0/s1. The van der Waals surface area contributed by atoms with Crippen LogP contribution in [-0.4, -0.2) is 17.3 Å². The zero-order valence-corrected chi connectivity index (χ0v) is 11.4. The highest BCUT2D eigenvalue weighted by atomic mass is 32.1. The van der Waals surface area contributed by atoms with E-state index in [0.717, 1.165) is 17.6 Å². The first kappa shape index (κ1) is 11.8. The summed E-state index contributed by atoms with van der Waals surface area (Å²) in [4.78, 5) is 16.4. The van der Waals surface area contributed by atoms with Crippen LogP contribution in [-0.2, 0) is 4.79 Å². The number of carbonyl (C=O) groups is 1. The third-order valence-corrected chi connectivity index (χ3v) is 4.50. The minimum Gasteiger partial charge on any atom is -0.309 e. The fourth-order valence-corrected chi connectivity index (χ4v) is 3.00. The normalized spacial score (nSPS) is 23.4. The van der Waals surface area contributed by atoms with Gasteiger partial charge in [-0.1, -0.05) is 19.9 Å². The van der Waals surface area contributed by atoms with Crippen LogP contribution in [0.15, 0.2) is 23.7 Å². The van der Waals surface area contributed by atoms with E-state index in [1.54, 1.807) is 11.3 Å². The molecule has 1 atom stereocenters. The average Bonchev–Trinajstić information content (AvgIpc) is 2.79. The molecule has 1 aliphatic rings. The minimum absolute atomic E-state index is 0.136. The molecule has 0 amide bonds. The first-order chi connectivity index (χ1) is 8.56. The molecule has 2 aromatic rings. The van der Waals surface area contributed by atoms with Gasteiger partial charge < -0.3 is 5.32 Å². The summed E-state index contributed by atoms with van der Waals surface area (Å²) >= 11 is 1.64. The zero-order valence-electron chi connectivity index (χ0n) is 10.6. The lowest BCUT2D eigenvalue weighted by Crippen LogP contribution is -2.44. The van der Waals surface area contributed by atoms with Gasteiger partial charge in [-0.2, -0.15) is 0 Å². The Kier molecular flexibility index (Phi) is 2.72. The summed E-state index contributed by atoms with van der Waals surface area (Å²) in [5.74, 6) is 0.338. The maximum absolute atomic E-state index is 12.1. The second-order valence-electron chi connectivity index (χ2n) is 5.52. The number of aromatic nitrogens is 1. The van der Waals surface area contributed by atoms with Gasteiger partial charge in [-0.15, -0.1) is 11.3 Å². The number of hydrogen-bond acceptors (Lipinski definition) is 4. The van der Waals surface area contributed by atoms with Crippen LogP contribution in [0.5, 0.6) is 0 Å². The van der Waals surface area contributed by atoms with Crippen LogP contribution in [0.2, 0.25) is 0 Å². The maximum atomic E-state index is 12.1. The average molecular weight is 260 g/mol. The quantitative estimate of drug-likeness (QED) is 0.857. The fraction of sp³-hybridized carbons (Fsp3) is 0.429. The third kappa shape index (κ3) is 1.95. The summed E-state index contributed by atoms with van der Waals surface area (Å²) in [5, 5.41) is 3.47. The second kappa shape index (κ2) is 4.14. The molecule has 0 aliphatic carbocycles. The topological polar surface area (TPSA) is 42.0 Å². The number of thiazole rings is 1. The predicted octanol–water partition coefficient (Wildman–Crippen LogP) is 2.93. The largest absolute Gasteiger partial charge is 0.309 e. The van der Waals surface area contributed by atoms with Gasteiger partial charge in [-0.25, -0.2) is 4.98 Å². The number of Topliss-reactive ketones (excluding diaryl/α,β-unsaturated/α-hetero) is 1. The van der Waals surface area contributed by atoms with Crippen LogP contribution < -0.4 is 5.32 Å². The van der Waals surface area contributed by atoms with Gasteiger partial charge >= 0.3 is 0 Å². The smallest absolute Gasteiger partial charge is 0.141 e. The Morgan fingerprint density at radius 3 is 3.06 bits per heavy atom. The molecule has 18 heavy (non-hydrogen) atoms. The van der Waals surface area contributed by atoms with Crippen molar-refractivity contribution in [3.05, 3.63) is 29.3 Å². The van der Waals surface area contributed by atoms with Gasteiger partial charge in [0.1, 0.15) is 5.78 Å². The monoisotopic (exact) mass is 260 g/mol. The van der Waals surface area contributed by atoms with Crippen LogP contribution in [0.1, 0.15) is 31.9 Å². The van der Waals surface area contributed by atoms with E-state index in [9.17, 15) is 4.79 Å². The molecule has 0 bridgehead atoms. The minimum atomic E-state index is -0.235. The van der Waals surface area contributed by atoms with Crippen LogP contribution in [0.25, 0.3) is 10.2 Å². The summed E-state index contributed by atoms with van der Waals surface area (Å²) < 4.78 is 1.20. The molecule has 1 aromatic carbocycles. The number of nitrogens with one attached hydrogen (secondary N) is 1. The molecule has 2 heterocycles. The van der Waals surface area contributed by atoms with Gasteiger partial charge in [0.15, 0.2) is 0 Å². The number of piperidine rings is 1. The highest BCUT2D eigenvalue weighted by molar-refractivity contribution is 7.16. The Bertz CT molecular complexity index is 603. The van der Waals surface area contributed by atoms with Crippen LogP contribution in [0.4, 0.5) is 0 Å². The number of ketones is 1. The molecule has 0 spiro atoms. The van der Waals surface area contributed by atoms with Crippen molar-refractivity contribution in [1.29, 1.82) is 0 Å². The van der Waals surface area contributed by atoms with Crippen molar-refractivity contribution < 1.29 is 4.79 Å². The van der Waals surface area contributed by atoms with Gasteiger partial charge in [0, 0.05) is 24.4 Å². The van der Waals surface area contributed by atoms with E-state index in [1.807, 2.05) is 19.4 Å². The number of rotatable bonds is 1. The van der Waals surface area contributed by atoms with E-state index in [-0.39, 0.29) is 11.5 Å². The van der Waals surface area contributed by atoms with E-state index in [4.69, 9.17) is 0 Å².